The second-order valence-electron chi connectivity index (χ2n) is 3.73. The van der Waals surface area contributed by atoms with Gasteiger partial charge in [0, 0.05) is 32.6 Å². The minimum Gasteiger partial charge on any atom is -0.481 e. The van der Waals surface area contributed by atoms with Gasteiger partial charge in [0.05, 0.1) is 6.26 Å². The molecule has 0 saturated carbocycles. The van der Waals surface area contributed by atoms with Crippen molar-refractivity contribution in [3.8, 4) is 0 Å². The Hall–Kier alpha value is -0.595. The normalized spacial score (nSPS) is 23.3. The lowest BCUT2D eigenvalue weighted by atomic mass is 10.1. The molecule has 1 heterocycles. The highest BCUT2D eigenvalue weighted by molar-refractivity contribution is 7.88. The van der Waals surface area contributed by atoms with Crippen LogP contribution in [0.4, 0.5) is 0 Å². The van der Waals surface area contributed by atoms with Crippen molar-refractivity contribution < 1.29 is 18.3 Å². The number of nitrogens with zero attached hydrogens (tertiary/aromatic N) is 2. The van der Waals surface area contributed by atoms with Crippen LogP contribution in [0.25, 0.3) is 0 Å². The van der Waals surface area contributed by atoms with Crippen LogP contribution in [0.1, 0.15) is 13.8 Å². The molecule has 0 spiro atoms. The molecule has 1 aliphatic rings. The highest BCUT2D eigenvalue weighted by Crippen LogP contribution is 2.09. The first-order valence-corrected chi connectivity index (χ1v) is 6.65. The number of sulfonamides is 1. The molecule has 2 radical (unpaired) electrons. The van der Waals surface area contributed by atoms with Crippen LogP contribution in [0.3, 0.4) is 0 Å². The molecule has 0 aliphatic carbocycles. The van der Waals surface area contributed by atoms with Gasteiger partial charge in [0.15, 0.2) is 7.98 Å². The van der Waals surface area contributed by atoms with Crippen LogP contribution in [0.15, 0.2) is 0 Å². The Morgan fingerprint density at radius 2 is 1.88 bits per heavy atom. The van der Waals surface area contributed by atoms with Crippen molar-refractivity contribution in [1.29, 1.82) is 0 Å². The van der Waals surface area contributed by atoms with E-state index in [1.165, 1.54) is 10.6 Å². The summed E-state index contributed by atoms with van der Waals surface area (Å²) in [6.45, 7) is 4.60. The number of hydrogen-bond acceptors (Lipinski definition) is 4. The lowest BCUT2D eigenvalue weighted by Gasteiger charge is -2.36. The van der Waals surface area contributed by atoms with Crippen molar-refractivity contribution >= 4 is 24.0 Å². The van der Waals surface area contributed by atoms with Crippen molar-refractivity contribution in [3.63, 3.8) is 0 Å². The summed E-state index contributed by atoms with van der Waals surface area (Å²) in [4.78, 5) is 10.7. The molecule has 0 aromatic rings. The molecule has 0 aromatic heterocycles. The predicted octanol–water partition coefficient (Wildman–Crippen LogP) is -0.873. The Bertz CT molecular complexity index is 329. The Labute approximate surface area is 97.7 Å². The number of aliphatic carboxylic acids is 1. The maximum Gasteiger partial charge on any atom is 0.300 e. The van der Waals surface area contributed by atoms with Gasteiger partial charge in [-0.15, -0.1) is 0 Å². The van der Waals surface area contributed by atoms with Crippen molar-refractivity contribution in [2.45, 2.75) is 19.9 Å². The monoisotopic (exact) mass is 248 g/mol. The average Bonchev–Trinajstić information content (AvgIpc) is 2.06. The minimum atomic E-state index is -3.03. The zero-order valence-electron chi connectivity index (χ0n) is 9.75. The summed E-state index contributed by atoms with van der Waals surface area (Å²) in [5.41, 5.74) is 0. The van der Waals surface area contributed by atoms with Gasteiger partial charge in [-0.1, -0.05) is 0 Å². The largest absolute Gasteiger partial charge is 0.481 e. The SMILES string of the molecule is CC(=O)O.[B]N1CCN(S(C)(=O)=O)CC1C. The molecular formula is C8H17BN2O4S. The fourth-order valence-corrected chi connectivity index (χ4v) is 2.14. The van der Waals surface area contributed by atoms with Gasteiger partial charge >= 0.3 is 0 Å². The van der Waals surface area contributed by atoms with Gasteiger partial charge in [-0.2, -0.15) is 4.31 Å². The second kappa shape index (κ2) is 6.22. The maximum absolute atomic E-state index is 11.1. The fraction of sp³-hybridized carbons (Fsp3) is 0.875. The van der Waals surface area contributed by atoms with E-state index in [1.807, 2.05) is 6.92 Å². The van der Waals surface area contributed by atoms with Crippen LogP contribution < -0.4 is 0 Å². The smallest absolute Gasteiger partial charge is 0.300 e. The molecule has 92 valence electrons. The van der Waals surface area contributed by atoms with Crippen molar-refractivity contribution in [3.05, 3.63) is 0 Å². The van der Waals surface area contributed by atoms with E-state index in [9.17, 15) is 8.42 Å². The minimum absolute atomic E-state index is 0.105. The summed E-state index contributed by atoms with van der Waals surface area (Å²) in [6, 6.07) is 0.105. The van der Waals surface area contributed by atoms with Crippen molar-refractivity contribution in [2.75, 3.05) is 25.9 Å². The van der Waals surface area contributed by atoms with Gasteiger partial charge in [-0.05, 0) is 6.92 Å². The summed E-state index contributed by atoms with van der Waals surface area (Å²) in [7, 11) is 2.56. The van der Waals surface area contributed by atoms with Gasteiger partial charge in [-0.3, -0.25) is 4.79 Å². The average molecular weight is 248 g/mol. The quantitative estimate of drug-likeness (QED) is 0.610. The number of piperazine rings is 1. The molecule has 8 heteroatoms. The number of rotatable bonds is 1. The molecule has 0 amide bonds. The summed E-state index contributed by atoms with van der Waals surface area (Å²) in [6.07, 6.45) is 1.23. The molecule has 1 aliphatic heterocycles. The molecular weight excluding hydrogens is 231 g/mol. The topological polar surface area (TPSA) is 77.9 Å². The Balaban J connectivity index is 0.000000487. The summed E-state index contributed by atoms with van der Waals surface area (Å²) in [5, 5.41) is 7.42. The Kier molecular flexibility index (Phi) is 5.99. The number of hydrogen-bond donors (Lipinski definition) is 1. The van der Waals surface area contributed by atoms with Crippen LogP contribution in [-0.2, 0) is 14.8 Å². The highest BCUT2D eigenvalue weighted by Gasteiger charge is 2.25. The molecule has 6 nitrogen and oxygen atoms in total. The fourth-order valence-electron chi connectivity index (χ4n) is 1.24. The standard InChI is InChI=1S/C6H13BN2O2S.C2H4O2/c1-6-5-8(12(2,10)11)3-4-9(6)7;1-2(3)4/h6H,3-5H2,1-2H3;1H3,(H,3,4). The van der Waals surface area contributed by atoms with Gasteiger partial charge in [0.1, 0.15) is 0 Å². The molecule has 1 saturated heterocycles. The molecule has 0 aromatic carbocycles. The zero-order chi connectivity index (χ0) is 12.9. The van der Waals surface area contributed by atoms with E-state index < -0.39 is 16.0 Å². The zero-order valence-corrected chi connectivity index (χ0v) is 10.6. The lowest BCUT2D eigenvalue weighted by molar-refractivity contribution is -0.134. The third kappa shape index (κ3) is 6.09. The van der Waals surface area contributed by atoms with E-state index in [1.54, 1.807) is 4.81 Å². The molecule has 1 unspecified atom stereocenters. The van der Waals surface area contributed by atoms with Gasteiger partial charge < -0.3 is 9.92 Å². The van der Waals surface area contributed by atoms with Crippen LogP contribution in [0.2, 0.25) is 0 Å². The highest BCUT2D eigenvalue weighted by atomic mass is 32.2. The third-order valence-corrected chi connectivity index (χ3v) is 3.38. The molecule has 1 fully saturated rings. The molecule has 1 N–H and O–H groups in total. The summed E-state index contributed by atoms with van der Waals surface area (Å²) < 4.78 is 23.7. The Morgan fingerprint density at radius 3 is 2.19 bits per heavy atom. The maximum atomic E-state index is 11.1. The number of carbonyl (C=O) groups is 1. The van der Waals surface area contributed by atoms with E-state index in [4.69, 9.17) is 17.9 Å². The third-order valence-electron chi connectivity index (χ3n) is 2.11. The first kappa shape index (κ1) is 15.4. The van der Waals surface area contributed by atoms with Gasteiger partial charge in [0.2, 0.25) is 10.0 Å². The van der Waals surface area contributed by atoms with Crippen molar-refractivity contribution in [2.24, 2.45) is 0 Å². The first-order valence-electron chi connectivity index (χ1n) is 4.80. The second-order valence-corrected chi connectivity index (χ2v) is 5.71. The molecule has 16 heavy (non-hydrogen) atoms. The molecule has 1 rings (SSSR count). The predicted molar refractivity (Wildman–Crippen MR) is 61.6 cm³/mol. The van der Waals surface area contributed by atoms with E-state index in [0.29, 0.717) is 19.6 Å². The van der Waals surface area contributed by atoms with Crippen LogP contribution >= 0.6 is 0 Å². The molecule has 0 bridgehead atoms. The molecule has 1 atom stereocenters. The number of carboxylic acids is 1. The van der Waals surface area contributed by atoms with E-state index in [0.717, 1.165) is 6.92 Å². The lowest BCUT2D eigenvalue weighted by Crippen LogP contribution is -2.52. The first-order chi connectivity index (χ1) is 7.14. The van der Waals surface area contributed by atoms with Crippen LogP contribution in [0.5, 0.6) is 0 Å². The van der Waals surface area contributed by atoms with Crippen LogP contribution in [-0.4, -0.2) is 68.5 Å². The summed E-state index contributed by atoms with van der Waals surface area (Å²) >= 11 is 0. The van der Waals surface area contributed by atoms with Gasteiger partial charge in [0.25, 0.3) is 5.97 Å². The van der Waals surface area contributed by atoms with E-state index in [-0.39, 0.29) is 6.04 Å². The van der Waals surface area contributed by atoms with Crippen molar-refractivity contribution in [1.82, 2.24) is 9.12 Å². The Morgan fingerprint density at radius 1 is 1.44 bits per heavy atom. The van der Waals surface area contributed by atoms with Crippen LogP contribution in [0, 0.1) is 0 Å². The van der Waals surface area contributed by atoms with E-state index >= 15 is 0 Å². The summed E-state index contributed by atoms with van der Waals surface area (Å²) in [5.74, 6) is -0.833. The number of carboxylic acid groups (broad SMARTS) is 1. The van der Waals surface area contributed by atoms with Gasteiger partial charge in [-0.25, -0.2) is 8.42 Å². The van der Waals surface area contributed by atoms with E-state index in [2.05, 4.69) is 0 Å².